The topological polar surface area (TPSA) is 103 Å². The maximum absolute atomic E-state index is 12.6. The molecule has 7 nitrogen and oxygen atoms in total. The third-order valence-electron chi connectivity index (χ3n) is 5.27. The van der Waals surface area contributed by atoms with Crippen LogP contribution in [0.1, 0.15) is 50.8 Å². The molecule has 0 saturated heterocycles. The smallest absolute Gasteiger partial charge is 0.125 e. The normalized spacial score (nSPS) is 14.5. The molecule has 3 N–H and O–H groups in total. The molecule has 1 fully saturated rings. The summed E-state index contributed by atoms with van der Waals surface area (Å²) in [6, 6.07) is 10.1. The van der Waals surface area contributed by atoms with Crippen molar-refractivity contribution in [1.29, 1.82) is 0 Å². The van der Waals surface area contributed by atoms with E-state index in [0.29, 0.717) is 18.4 Å². The Kier molecular flexibility index (Phi) is 10.8. The number of hydrogen-bond donors (Lipinski definition) is 1. The molecule has 2 aromatic heterocycles. The van der Waals surface area contributed by atoms with Crippen LogP contribution in [0.5, 0.6) is 5.75 Å². The van der Waals surface area contributed by atoms with Crippen molar-refractivity contribution in [1.82, 2.24) is 15.0 Å². The maximum Gasteiger partial charge on any atom is 0.125 e. The van der Waals surface area contributed by atoms with Crippen molar-refractivity contribution in [3.05, 3.63) is 47.8 Å². The predicted molar refractivity (Wildman–Crippen MR) is 128 cm³/mol. The molecule has 1 aliphatic rings. The molecule has 1 atom stereocenters. The lowest BCUT2D eigenvalue weighted by Crippen LogP contribution is -2.59. The molecule has 0 spiro atoms. The van der Waals surface area contributed by atoms with Crippen LogP contribution >= 0.6 is 0 Å². The Bertz CT molecular complexity index is 953. The Labute approximate surface area is 193 Å². The molecular weight excluding hydrogens is 424 g/mol. The number of methoxy groups -OCH3 is 1. The molecule has 2 heterocycles. The lowest BCUT2D eigenvalue weighted by atomic mass is 10.2. The minimum Gasteiger partial charge on any atom is -0.493 e. The monoisotopic (exact) mass is 460 g/mol. The highest BCUT2D eigenvalue weighted by Gasteiger charge is 2.12. The van der Waals surface area contributed by atoms with Crippen molar-refractivity contribution in [2.75, 3.05) is 20.3 Å². The van der Waals surface area contributed by atoms with Gasteiger partial charge < -0.3 is 25.2 Å². The lowest BCUT2D eigenvalue weighted by molar-refractivity contribution is -0.417. The van der Waals surface area contributed by atoms with E-state index in [2.05, 4.69) is 20.7 Å². The van der Waals surface area contributed by atoms with E-state index in [0.717, 1.165) is 40.5 Å². The van der Waals surface area contributed by atoms with Gasteiger partial charge in [-0.25, -0.2) is 0 Å². The number of hydrogen-bond acceptors (Lipinski definition) is 5. The van der Waals surface area contributed by atoms with Gasteiger partial charge in [-0.2, -0.15) is 0 Å². The van der Waals surface area contributed by atoms with Gasteiger partial charge in [-0.3, -0.25) is 9.19 Å². The molecular formula is C24H36N4O3S. The van der Waals surface area contributed by atoms with Crippen molar-refractivity contribution < 1.29 is 19.4 Å². The Morgan fingerprint density at radius 2 is 1.94 bits per heavy atom. The molecule has 1 aromatic carbocycles. The summed E-state index contributed by atoms with van der Waals surface area (Å²) < 4.78 is 23.4. The number of fused-ring (bicyclic) bond motifs is 1. The zero-order valence-electron chi connectivity index (χ0n) is 18.4. The van der Waals surface area contributed by atoms with Gasteiger partial charge in [0.05, 0.1) is 34.9 Å². The summed E-state index contributed by atoms with van der Waals surface area (Å²) in [5.41, 5.74) is 7.07. The average molecular weight is 461 g/mol. The van der Waals surface area contributed by atoms with Crippen LogP contribution in [0.3, 0.4) is 0 Å². The molecule has 0 bridgehead atoms. The number of pyridine rings is 1. The maximum atomic E-state index is 12.6. The van der Waals surface area contributed by atoms with Gasteiger partial charge in [0, 0.05) is 37.1 Å². The predicted octanol–water partition coefficient (Wildman–Crippen LogP) is 3.43. The number of nitrogens with zero attached hydrogens (tertiary/aromatic N) is 3. The molecule has 176 valence electrons. The molecule has 4 rings (SSSR count). The fourth-order valence-corrected chi connectivity index (χ4v) is 4.50. The SMILES string of the molecule is C.COCCCOc1ccnc(CS(=O)c2nc3ccccc3[n-]2)c1C.[NH3+]C1CCCC1. The fraction of sp³-hybridized carbons (Fsp3) is 0.500. The Balaban J connectivity index is 0.000000450. The molecule has 0 aliphatic heterocycles. The van der Waals surface area contributed by atoms with Crippen LogP contribution in [0.15, 0.2) is 41.7 Å². The summed E-state index contributed by atoms with van der Waals surface area (Å²) >= 11 is 0. The number of ether oxygens (including phenoxy) is 2. The second-order valence-electron chi connectivity index (χ2n) is 7.71. The van der Waals surface area contributed by atoms with E-state index in [1.165, 1.54) is 25.7 Å². The van der Waals surface area contributed by atoms with Crippen LogP contribution in [-0.2, 0) is 21.3 Å². The van der Waals surface area contributed by atoms with Crippen molar-refractivity contribution in [3.8, 4) is 5.75 Å². The number of quaternary nitrogens is 1. The third kappa shape index (κ3) is 7.39. The van der Waals surface area contributed by atoms with Crippen molar-refractivity contribution in [2.45, 2.75) is 63.4 Å². The summed E-state index contributed by atoms with van der Waals surface area (Å²) in [6.45, 7) is 3.15. The lowest BCUT2D eigenvalue weighted by Gasteiger charge is -2.12. The number of aromatic nitrogens is 3. The van der Waals surface area contributed by atoms with Crippen LogP contribution in [0.2, 0.25) is 0 Å². The van der Waals surface area contributed by atoms with Gasteiger partial charge >= 0.3 is 0 Å². The number of benzene rings is 1. The van der Waals surface area contributed by atoms with E-state index in [-0.39, 0.29) is 13.2 Å². The standard InChI is InChI=1S/C18H20N3O3S.C5H11N.CH4/c1-13-16(19-9-8-17(13)24-11-5-10-23-2)12-25(22)18-20-14-6-3-4-7-15(14)21-18;6-5-3-1-2-4-5;/h3-4,6-9H,5,10-12H2,1-2H3;5H,1-4,6H2;1H4/q-1;;/p+1. The summed E-state index contributed by atoms with van der Waals surface area (Å²) in [4.78, 5) is 13.0. The van der Waals surface area contributed by atoms with Gasteiger partial charge in [0.15, 0.2) is 0 Å². The van der Waals surface area contributed by atoms with Crippen molar-refractivity contribution >= 4 is 21.8 Å². The second-order valence-corrected chi connectivity index (χ2v) is 9.06. The molecule has 1 aliphatic carbocycles. The zero-order valence-corrected chi connectivity index (χ0v) is 19.2. The highest BCUT2D eigenvalue weighted by atomic mass is 32.2. The van der Waals surface area contributed by atoms with E-state index in [4.69, 9.17) is 9.47 Å². The van der Waals surface area contributed by atoms with E-state index >= 15 is 0 Å². The molecule has 8 heteroatoms. The van der Waals surface area contributed by atoms with Crippen LogP contribution in [0, 0.1) is 6.92 Å². The molecule has 32 heavy (non-hydrogen) atoms. The Morgan fingerprint density at radius 3 is 2.59 bits per heavy atom. The molecule has 0 radical (unpaired) electrons. The highest BCUT2D eigenvalue weighted by Crippen LogP contribution is 2.22. The summed E-state index contributed by atoms with van der Waals surface area (Å²) in [5.74, 6) is 1.02. The van der Waals surface area contributed by atoms with Crippen LogP contribution in [0.4, 0.5) is 0 Å². The van der Waals surface area contributed by atoms with Gasteiger partial charge in [-0.15, -0.1) is 0 Å². The second kappa shape index (κ2) is 13.3. The van der Waals surface area contributed by atoms with Gasteiger partial charge in [0.25, 0.3) is 0 Å². The van der Waals surface area contributed by atoms with E-state index in [1.54, 1.807) is 13.3 Å². The first-order valence-electron chi connectivity index (χ1n) is 10.8. The number of imidazole rings is 1. The minimum absolute atomic E-state index is 0. The van der Waals surface area contributed by atoms with E-state index < -0.39 is 10.8 Å². The largest absolute Gasteiger partial charge is 0.493 e. The van der Waals surface area contributed by atoms with Crippen LogP contribution < -0.4 is 15.5 Å². The quantitative estimate of drug-likeness (QED) is 0.517. The molecule has 3 aromatic rings. The molecule has 1 saturated carbocycles. The van der Waals surface area contributed by atoms with Gasteiger partial charge in [-0.05, 0) is 49.7 Å². The zero-order chi connectivity index (χ0) is 22.1. The van der Waals surface area contributed by atoms with Gasteiger partial charge in [-0.1, -0.05) is 31.7 Å². The first-order valence-corrected chi connectivity index (χ1v) is 12.1. The van der Waals surface area contributed by atoms with Crippen molar-refractivity contribution in [3.63, 3.8) is 0 Å². The van der Waals surface area contributed by atoms with Gasteiger partial charge in [0.2, 0.25) is 0 Å². The fourth-order valence-electron chi connectivity index (χ4n) is 3.43. The third-order valence-corrected chi connectivity index (χ3v) is 6.39. The highest BCUT2D eigenvalue weighted by molar-refractivity contribution is 7.84. The van der Waals surface area contributed by atoms with Crippen LogP contribution in [0.25, 0.3) is 11.0 Å². The Hall–Kier alpha value is -2.29. The molecule has 0 amide bonds. The first-order chi connectivity index (χ1) is 15.1. The first kappa shape index (κ1) is 26.0. The summed E-state index contributed by atoms with van der Waals surface area (Å²) in [6.07, 6.45) is 8.09. The minimum atomic E-state index is -1.35. The van der Waals surface area contributed by atoms with Gasteiger partial charge in [0.1, 0.15) is 5.75 Å². The number of para-hydroxylation sites is 2. The summed E-state index contributed by atoms with van der Waals surface area (Å²) in [5, 5.41) is 0.341. The average Bonchev–Trinajstić information content (AvgIpc) is 3.43. The Morgan fingerprint density at radius 1 is 1.19 bits per heavy atom. The summed E-state index contributed by atoms with van der Waals surface area (Å²) in [7, 11) is 0.312. The van der Waals surface area contributed by atoms with Crippen molar-refractivity contribution in [2.24, 2.45) is 0 Å². The number of rotatable bonds is 8. The van der Waals surface area contributed by atoms with Crippen LogP contribution in [-0.4, -0.2) is 40.5 Å². The van der Waals surface area contributed by atoms with E-state index in [9.17, 15) is 4.21 Å². The van der Waals surface area contributed by atoms with E-state index in [1.807, 2.05) is 37.3 Å². The molecule has 1 unspecified atom stereocenters.